The van der Waals surface area contributed by atoms with Crippen LogP contribution in [0.25, 0.3) is 0 Å². The maximum absolute atomic E-state index is 0. The zero-order valence-corrected chi connectivity index (χ0v) is 5.97. The van der Waals surface area contributed by atoms with Gasteiger partial charge in [0.1, 0.15) is 0 Å². The van der Waals surface area contributed by atoms with Crippen LogP contribution in [0, 0.1) is 0 Å². The van der Waals surface area contributed by atoms with Gasteiger partial charge in [-0.25, -0.2) is 0 Å². The first-order valence-electron chi connectivity index (χ1n) is 0. The zero-order valence-electron chi connectivity index (χ0n) is 6.32. The van der Waals surface area contributed by atoms with Gasteiger partial charge in [0.25, 0.3) is 0 Å². The van der Waals surface area contributed by atoms with Gasteiger partial charge in [0.2, 0.25) is 0 Å². The van der Waals surface area contributed by atoms with Crippen LogP contribution in [0.15, 0.2) is 0 Å². The summed E-state index contributed by atoms with van der Waals surface area (Å²) in [5.74, 6) is 0. The average molecular weight is 107 g/mol. The molecule has 24 valence electrons. The summed E-state index contributed by atoms with van der Waals surface area (Å²) in [6.45, 7) is 0. The van der Waals surface area contributed by atoms with Gasteiger partial charge in [-0.15, -0.1) is 12.4 Å². The molecule has 4 heavy (non-hydrogen) atoms. The minimum Gasteiger partial charge on any atom is -1.00 e. The van der Waals surface area contributed by atoms with Crippen molar-refractivity contribution in [3.05, 3.63) is 0 Å². The van der Waals surface area contributed by atoms with E-state index in [1.807, 2.05) is 0 Å². The van der Waals surface area contributed by atoms with Gasteiger partial charge in [0.05, 0.1) is 0 Å². The number of hydrogen-bond acceptors (Lipinski definition) is 0. The van der Waals surface area contributed by atoms with E-state index in [1.54, 1.807) is 0 Å². The Hall–Kier alpha value is 1.78. The van der Waals surface area contributed by atoms with E-state index in [4.69, 9.17) is 0 Å². The fourth-order valence-corrected chi connectivity index (χ4v) is 0. The summed E-state index contributed by atoms with van der Waals surface area (Å²) >= 11 is 0. The summed E-state index contributed by atoms with van der Waals surface area (Å²) in [6, 6.07) is 0. The molecule has 0 bridgehead atoms. The maximum Gasteiger partial charge on any atom is 2.00 e. The molecule has 0 spiro atoms. The van der Waals surface area contributed by atoms with Crippen LogP contribution in [-0.2, 0) is 0 Å². The molecule has 2 N–H and O–H groups in total. The van der Waals surface area contributed by atoms with Gasteiger partial charge in [-0.2, -0.15) is 0 Å². The fraction of sp³-hybridized carbons (Fsp3) is 0. The van der Waals surface area contributed by atoms with Crippen LogP contribution in [0.1, 0.15) is 5.71 Å². The molecule has 0 aliphatic heterocycles. The van der Waals surface area contributed by atoms with Crippen LogP contribution in [-0.4, -0.2) is 51.6 Å². The Morgan fingerprint density at radius 1 is 1.00 bits per heavy atom. The van der Waals surface area contributed by atoms with Gasteiger partial charge in [-0.3, -0.25) is 0 Å². The van der Waals surface area contributed by atoms with Gasteiger partial charge in [0, 0.05) is 0 Å². The van der Waals surface area contributed by atoms with Crippen LogP contribution in [0.3, 0.4) is 0 Å². The molecular formula is H7ClMg2O. The van der Waals surface area contributed by atoms with Gasteiger partial charge < -0.3 is 11.2 Å². The van der Waals surface area contributed by atoms with Crippen molar-refractivity contribution in [1.82, 2.24) is 0 Å². The van der Waals surface area contributed by atoms with E-state index in [1.165, 1.54) is 0 Å². The summed E-state index contributed by atoms with van der Waals surface area (Å²) in [5.41, 5.74) is 0. The molecule has 0 fully saturated rings. The second-order valence-corrected chi connectivity index (χ2v) is 0. The summed E-state index contributed by atoms with van der Waals surface area (Å²) < 4.78 is 0. The molecule has 0 aromatic carbocycles. The van der Waals surface area contributed by atoms with Crippen LogP contribution in [0.4, 0.5) is 0 Å². The Morgan fingerprint density at radius 3 is 1.00 bits per heavy atom. The van der Waals surface area contributed by atoms with Crippen molar-refractivity contribution in [3.63, 3.8) is 0 Å². The Bertz CT molecular complexity index is 14.0. The predicted molar refractivity (Wildman–Crippen MR) is 26.8 cm³/mol. The monoisotopic (exact) mass is 106 g/mol. The largest absolute Gasteiger partial charge is 2.00 e. The second kappa shape index (κ2) is 21.5. The summed E-state index contributed by atoms with van der Waals surface area (Å²) in [5, 5.41) is 0. The van der Waals surface area contributed by atoms with Crippen molar-refractivity contribution in [2.24, 2.45) is 0 Å². The van der Waals surface area contributed by atoms with Crippen LogP contribution < -0.4 is 0 Å². The summed E-state index contributed by atoms with van der Waals surface area (Å²) in [4.78, 5) is 0. The number of rotatable bonds is 0. The van der Waals surface area contributed by atoms with E-state index in [-0.39, 0.29) is 69.7 Å². The third-order valence-electron chi connectivity index (χ3n) is 0. The molecule has 0 aliphatic rings. The molecule has 0 aromatic rings. The molecule has 0 aliphatic carbocycles. The zero-order chi connectivity index (χ0) is 0. The minimum absolute atomic E-state index is 0. The minimum atomic E-state index is 0. The van der Waals surface area contributed by atoms with Gasteiger partial charge in [-0.05, 0) is 0 Å². The number of hydrogen-bond donors (Lipinski definition) is 0. The van der Waals surface area contributed by atoms with E-state index < -0.39 is 0 Å². The molecule has 0 atom stereocenters. The molecule has 0 rings (SSSR count). The van der Waals surface area contributed by atoms with Crippen LogP contribution in [0.5, 0.6) is 0 Å². The van der Waals surface area contributed by atoms with Gasteiger partial charge in [-0.1, -0.05) is 0 Å². The van der Waals surface area contributed by atoms with E-state index in [0.717, 1.165) is 0 Å². The van der Waals surface area contributed by atoms with Crippen LogP contribution >= 0.6 is 12.4 Å². The third-order valence-corrected chi connectivity index (χ3v) is 0. The average Bonchev–Trinajstić information content (AvgIpc) is 0. The standard InChI is InChI=1S/ClH.2Mg.H2O.4H/h1H;;;1H2;;;;/q;2*+2;;4*-1. The van der Waals surface area contributed by atoms with Crippen molar-refractivity contribution in [1.29, 1.82) is 0 Å². The topological polar surface area (TPSA) is 31.5 Å². The molecule has 0 aromatic heterocycles. The maximum atomic E-state index is 0. The number of halogens is 1. The summed E-state index contributed by atoms with van der Waals surface area (Å²) in [7, 11) is 0. The van der Waals surface area contributed by atoms with E-state index >= 15 is 0 Å². The first kappa shape index (κ1) is 41.6. The Balaban J connectivity index is 0. The predicted octanol–water partition coefficient (Wildman–Crippen LogP) is -0.714. The SMILES string of the molecule is Cl.O.[H-].[H-].[H-].[H-].[Mg+2].[Mg+2]. The van der Waals surface area contributed by atoms with E-state index in [2.05, 4.69) is 0 Å². The second-order valence-electron chi connectivity index (χ2n) is 0. The molecule has 4 heteroatoms. The normalized spacial score (nSPS) is 0. The molecule has 0 saturated carbocycles. The van der Waals surface area contributed by atoms with E-state index in [0.29, 0.717) is 0 Å². The molecule has 1 nitrogen and oxygen atoms in total. The van der Waals surface area contributed by atoms with Gasteiger partial charge >= 0.3 is 46.1 Å². The Labute approximate surface area is 69.5 Å². The molecule has 0 heterocycles. The van der Waals surface area contributed by atoms with E-state index in [9.17, 15) is 0 Å². The first-order chi connectivity index (χ1) is 0. The Morgan fingerprint density at radius 2 is 1.00 bits per heavy atom. The fourth-order valence-electron chi connectivity index (χ4n) is 0. The van der Waals surface area contributed by atoms with Gasteiger partial charge in [0.15, 0.2) is 0 Å². The molecule has 0 amide bonds. The smallest absolute Gasteiger partial charge is 1.00 e. The van der Waals surface area contributed by atoms with Crippen molar-refractivity contribution < 1.29 is 11.2 Å². The van der Waals surface area contributed by atoms with Crippen molar-refractivity contribution in [2.45, 2.75) is 0 Å². The van der Waals surface area contributed by atoms with Crippen molar-refractivity contribution >= 4 is 58.5 Å². The molecule has 0 unspecified atom stereocenters. The third kappa shape index (κ3) is 9.22. The van der Waals surface area contributed by atoms with Crippen LogP contribution in [0.2, 0.25) is 0 Å². The summed E-state index contributed by atoms with van der Waals surface area (Å²) in [6.07, 6.45) is 0. The van der Waals surface area contributed by atoms with Crippen molar-refractivity contribution in [2.75, 3.05) is 0 Å². The Kier molecular flexibility index (Phi) is 224. The van der Waals surface area contributed by atoms with Crippen molar-refractivity contribution in [3.8, 4) is 0 Å². The first-order valence-corrected chi connectivity index (χ1v) is 0. The molecule has 0 saturated heterocycles. The molecular weight excluding hydrogens is 100 g/mol. The quantitative estimate of drug-likeness (QED) is 0.366. The molecule has 0 radical (unpaired) electrons.